The second kappa shape index (κ2) is 8.71. The Balaban J connectivity index is 1.55. The standard InChI is InChI=1S/C21H24N6O3/c1-12-15(11-22)19(28)24-20(29)17(12)26-25-16-10-6-5-9-14(16)21-23-18(27-30-21)13-7-3-2-4-8-13/h6-7,10,14,16-17,20,29H,2-5,8-9H2,1H3,(H,24,28). The summed E-state index contributed by atoms with van der Waals surface area (Å²) in [5.41, 5.74) is 1.49. The van der Waals surface area contributed by atoms with Crippen molar-refractivity contribution in [3.63, 3.8) is 0 Å². The molecule has 1 aliphatic heterocycles. The van der Waals surface area contributed by atoms with Gasteiger partial charge in [0.15, 0.2) is 12.1 Å². The van der Waals surface area contributed by atoms with Crippen LogP contribution in [0.3, 0.4) is 0 Å². The van der Waals surface area contributed by atoms with Crippen LogP contribution in [0.5, 0.6) is 0 Å². The first-order valence-corrected chi connectivity index (χ1v) is 10.3. The minimum Gasteiger partial charge on any atom is -0.371 e. The first-order chi connectivity index (χ1) is 14.6. The lowest BCUT2D eigenvalue weighted by atomic mass is 9.90. The number of nitrogens with zero attached hydrogens (tertiary/aromatic N) is 5. The lowest BCUT2D eigenvalue weighted by Gasteiger charge is -2.27. The molecule has 1 aromatic heterocycles. The van der Waals surface area contributed by atoms with Gasteiger partial charge in [-0.15, -0.1) is 0 Å². The Morgan fingerprint density at radius 2 is 2.20 bits per heavy atom. The number of carbonyl (C=O) groups excluding carboxylic acids is 1. The number of aliphatic hydroxyl groups excluding tert-OH is 1. The molecule has 0 fully saturated rings. The van der Waals surface area contributed by atoms with E-state index in [-0.39, 0.29) is 17.5 Å². The van der Waals surface area contributed by atoms with E-state index in [1.165, 1.54) is 6.42 Å². The van der Waals surface area contributed by atoms with Crippen molar-refractivity contribution in [3.05, 3.63) is 41.1 Å². The SMILES string of the molecule is CC1=C(C#N)C(=O)NC(O)C1N=NC1C=CCCC1c1nc(C2=CCCCC2)no1. The fraction of sp³-hybridized carbons (Fsp3) is 0.524. The summed E-state index contributed by atoms with van der Waals surface area (Å²) in [5.74, 6) is 0.476. The molecular formula is C21H24N6O3. The van der Waals surface area contributed by atoms with E-state index < -0.39 is 18.2 Å². The van der Waals surface area contributed by atoms with Crippen molar-refractivity contribution in [1.29, 1.82) is 5.26 Å². The van der Waals surface area contributed by atoms with E-state index in [0.29, 0.717) is 17.3 Å². The molecule has 2 aliphatic carbocycles. The van der Waals surface area contributed by atoms with Crippen molar-refractivity contribution in [3.8, 4) is 6.07 Å². The van der Waals surface area contributed by atoms with Crippen LogP contribution >= 0.6 is 0 Å². The number of amides is 1. The first-order valence-electron chi connectivity index (χ1n) is 10.3. The van der Waals surface area contributed by atoms with Crippen LogP contribution in [0.25, 0.3) is 5.57 Å². The van der Waals surface area contributed by atoms with E-state index in [9.17, 15) is 15.2 Å². The summed E-state index contributed by atoms with van der Waals surface area (Å²) in [6.45, 7) is 1.61. The van der Waals surface area contributed by atoms with Crippen LogP contribution in [0, 0.1) is 11.3 Å². The van der Waals surface area contributed by atoms with E-state index in [0.717, 1.165) is 37.7 Å². The van der Waals surface area contributed by atoms with Crippen molar-refractivity contribution in [2.24, 2.45) is 10.2 Å². The number of nitriles is 1. The van der Waals surface area contributed by atoms with Crippen LogP contribution in [0.2, 0.25) is 0 Å². The molecule has 4 unspecified atom stereocenters. The third kappa shape index (κ3) is 3.96. The molecule has 3 aliphatic rings. The molecule has 0 saturated carbocycles. The minimum atomic E-state index is -1.22. The number of nitrogens with one attached hydrogen (secondary N) is 1. The van der Waals surface area contributed by atoms with Gasteiger partial charge in [0.05, 0.1) is 5.92 Å². The summed E-state index contributed by atoms with van der Waals surface area (Å²) in [6, 6.07) is 0.733. The third-order valence-electron chi connectivity index (χ3n) is 5.81. The second-order valence-corrected chi connectivity index (χ2v) is 7.80. The van der Waals surface area contributed by atoms with E-state index in [1.54, 1.807) is 6.92 Å². The van der Waals surface area contributed by atoms with Gasteiger partial charge in [-0.25, -0.2) is 0 Å². The lowest BCUT2D eigenvalue weighted by Crippen LogP contribution is -2.48. The Morgan fingerprint density at radius 3 is 2.97 bits per heavy atom. The smallest absolute Gasteiger partial charge is 0.264 e. The van der Waals surface area contributed by atoms with Gasteiger partial charge in [0, 0.05) is 0 Å². The van der Waals surface area contributed by atoms with Crippen LogP contribution < -0.4 is 5.32 Å². The number of azo groups is 1. The van der Waals surface area contributed by atoms with Gasteiger partial charge in [0.25, 0.3) is 5.91 Å². The molecule has 9 nitrogen and oxygen atoms in total. The van der Waals surface area contributed by atoms with Gasteiger partial charge in [-0.2, -0.15) is 20.5 Å². The maximum Gasteiger partial charge on any atom is 0.264 e. The Bertz CT molecular complexity index is 983. The Hall–Kier alpha value is -3.12. The summed E-state index contributed by atoms with van der Waals surface area (Å²) < 4.78 is 5.57. The monoisotopic (exact) mass is 408 g/mol. The van der Waals surface area contributed by atoms with Crippen molar-refractivity contribution in [1.82, 2.24) is 15.5 Å². The van der Waals surface area contributed by atoms with Crippen LogP contribution in [0.15, 0.2) is 44.1 Å². The molecule has 9 heteroatoms. The highest BCUT2D eigenvalue weighted by Crippen LogP contribution is 2.33. The summed E-state index contributed by atoms with van der Waals surface area (Å²) >= 11 is 0. The van der Waals surface area contributed by atoms with Gasteiger partial charge in [-0.05, 0) is 56.6 Å². The molecular weight excluding hydrogens is 384 g/mol. The van der Waals surface area contributed by atoms with Gasteiger partial charge in [-0.1, -0.05) is 23.4 Å². The average Bonchev–Trinajstić information content (AvgIpc) is 3.25. The van der Waals surface area contributed by atoms with Gasteiger partial charge >= 0.3 is 0 Å². The zero-order valence-corrected chi connectivity index (χ0v) is 16.8. The maximum atomic E-state index is 11.8. The third-order valence-corrected chi connectivity index (χ3v) is 5.81. The number of carbonyl (C=O) groups is 1. The highest BCUT2D eigenvalue weighted by molar-refractivity contribution is 5.99. The predicted octanol–water partition coefficient (Wildman–Crippen LogP) is 2.94. The van der Waals surface area contributed by atoms with Crippen LogP contribution in [-0.2, 0) is 4.79 Å². The molecule has 156 valence electrons. The van der Waals surface area contributed by atoms with Gasteiger partial charge in [0.1, 0.15) is 23.7 Å². The number of aromatic nitrogens is 2. The fourth-order valence-electron chi connectivity index (χ4n) is 4.05. The van der Waals surface area contributed by atoms with E-state index in [4.69, 9.17) is 4.52 Å². The van der Waals surface area contributed by atoms with Gasteiger partial charge < -0.3 is 14.9 Å². The summed E-state index contributed by atoms with van der Waals surface area (Å²) in [4.78, 5) is 16.4. The largest absolute Gasteiger partial charge is 0.371 e. The molecule has 30 heavy (non-hydrogen) atoms. The van der Waals surface area contributed by atoms with Crippen molar-refractivity contribution in [2.75, 3.05) is 0 Å². The molecule has 0 spiro atoms. The fourth-order valence-corrected chi connectivity index (χ4v) is 4.05. The Labute approximate surface area is 174 Å². The number of hydrogen-bond donors (Lipinski definition) is 2. The predicted molar refractivity (Wildman–Crippen MR) is 107 cm³/mol. The number of allylic oxidation sites excluding steroid dienone is 3. The molecule has 0 bridgehead atoms. The zero-order valence-electron chi connectivity index (χ0n) is 16.8. The van der Waals surface area contributed by atoms with E-state index in [1.807, 2.05) is 18.2 Å². The molecule has 4 atom stereocenters. The van der Waals surface area contributed by atoms with Crippen LogP contribution in [0.1, 0.15) is 63.1 Å². The molecule has 2 heterocycles. The summed E-state index contributed by atoms with van der Waals surface area (Å²) in [5, 5.41) is 34.6. The second-order valence-electron chi connectivity index (χ2n) is 7.80. The Morgan fingerprint density at radius 1 is 1.33 bits per heavy atom. The summed E-state index contributed by atoms with van der Waals surface area (Å²) in [7, 11) is 0. The molecule has 2 N–H and O–H groups in total. The maximum absolute atomic E-state index is 11.8. The minimum absolute atomic E-state index is 0.0395. The molecule has 0 aromatic carbocycles. The van der Waals surface area contributed by atoms with Crippen LogP contribution in [-0.4, -0.2) is 39.5 Å². The normalized spacial score (nSPS) is 29.6. The topological polar surface area (TPSA) is 137 Å². The number of hydrogen-bond acceptors (Lipinski definition) is 8. The molecule has 1 aromatic rings. The molecule has 0 saturated heterocycles. The van der Waals surface area contributed by atoms with Crippen molar-refractivity contribution in [2.45, 2.75) is 69.7 Å². The number of rotatable bonds is 4. The Kier molecular flexibility index (Phi) is 5.86. The van der Waals surface area contributed by atoms with Gasteiger partial charge in [-0.3, -0.25) is 4.79 Å². The molecule has 4 rings (SSSR count). The zero-order chi connectivity index (χ0) is 21.1. The first kappa shape index (κ1) is 20.2. The lowest BCUT2D eigenvalue weighted by molar-refractivity contribution is -0.121. The molecule has 1 amide bonds. The highest BCUT2D eigenvalue weighted by atomic mass is 16.5. The van der Waals surface area contributed by atoms with Gasteiger partial charge in [0.2, 0.25) is 5.89 Å². The molecule has 0 radical (unpaired) electrons. The highest BCUT2D eigenvalue weighted by Gasteiger charge is 2.34. The summed E-state index contributed by atoms with van der Waals surface area (Å²) in [6.07, 6.45) is 10.9. The number of aliphatic hydroxyl groups is 1. The van der Waals surface area contributed by atoms with E-state index in [2.05, 4.69) is 31.8 Å². The quantitative estimate of drug-likeness (QED) is 0.580. The van der Waals surface area contributed by atoms with Crippen molar-refractivity contribution >= 4 is 11.5 Å². The van der Waals surface area contributed by atoms with E-state index >= 15 is 0 Å². The van der Waals surface area contributed by atoms with Crippen molar-refractivity contribution < 1.29 is 14.4 Å². The average molecular weight is 408 g/mol. The van der Waals surface area contributed by atoms with Crippen LogP contribution in [0.4, 0.5) is 0 Å².